The van der Waals surface area contributed by atoms with Gasteiger partial charge in [0.2, 0.25) is 5.91 Å². The first-order valence-electron chi connectivity index (χ1n) is 9.40. The molecule has 29 heavy (non-hydrogen) atoms. The summed E-state index contributed by atoms with van der Waals surface area (Å²) in [4.78, 5) is 24.9. The summed E-state index contributed by atoms with van der Waals surface area (Å²) >= 11 is 0. The molecule has 1 saturated carbocycles. The Morgan fingerprint density at radius 3 is 2.34 bits per heavy atom. The van der Waals surface area contributed by atoms with Crippen LogP contribution in [0.5, 0.6) is 0 Å². The van der Waals surface area contributed by atoms with Crippen molar-refractivity contribution in [1.29, 1.82) is 0 Å². The molecule has 0 atom stereocenters. The Balaban J connectivity index is 1.53. The van der Waals surface area contributed by atoms with Gasteiger partial charge in [-0.05, 0) is 62.1 Å². The first kappa shape index (κ1) is 21.0. The van der Waals surface area contributed by atoms with Gasteiger partial charge < -0.3 is 10.6 Å². The van der Waals surface area contributed by atoms with Gasteiger partial charge in [-0.1, -0.05) is 12.1 Å². The van der Waals surface area contributed by atoms with Crippen molar-refractivity contribution >= 4 is 27.3 Å². The third-order valence-corrected chi connectivity index (χ3v) is 6.16. The van der Waals surface area contributed by atoms with E-state index in [4.69, 9.17) is 0 Å². The number of hydrogen-bond acceptors (Lipinski definition) is 4. The zero-order chi connectivity index (χ0) is 21.0. The lowest BCUT2D eigenvalue weighted by Gasteiger charge is -2.28. The van der Waals surface area contributed by atoms with Crippen LogP contribution in [0, 0.1) is 11.7 Å². The number of carbonyl (C=O) groups is 2. The van der Waals surface area contributed by atoms with Crippen molar-refractivity contribution in [3.63, 3.8) is 0 Å². The molecule has 8 heteroatoms. The lowest BCUT2D eigenvalue weighted by molar-refractivity contribution is -0.120. The molecule has 0 saturated heterocycles. The normalized spacial score (nSPS) is 19.4. The molecule has 154 valence electrons. The Morgan fingerprint density at radius 2 is 1.69 bits per heavy atom. The molecule has 2 N–H and O–H groups in total. The van der Waals surface area contributed by atoms with Crippen molar-refractivity contribution in [1.82, 2.24) is 5.32 Å². The van der Waals surface area contributed by atoms with Gasteiger partial charge in [0, 0.05) is 29.5 Å². The van der Waals surface area contributed by atoms with Crippen molar-refractivity contribution < 1.29 is 22.4 Å². The number of sulfone groups is 1. The summed E-state index contributed by atoms with van der Waals surface area (Å²) in [6.45, 7) is 0. The number of halogens is 1. The Morgan fingerprint density at radius 1 is 1.00 bits per heavy atom. The second kappa shape index (κ2) is 8.73. The molecule has 2 aromatic rings. The van der Waals surface area contributed by atoms with Gasteiger partial charge in [0.1, 0.15) is 5.82 Å². The van der Waals surface area contributed by atoms with Crippen LogP contribution >= 0.6 is 0 Å². The van der Waals surface area contributed by atoms with Gasteiger partial charge >= 0.3 is 0 Å². The van der Waals surface area contributed by atoms with Crippen LogP contribution in [-0.2, 0) is 14.6 Å². The summed E-state index contributed by atoms with van der Waals surface area (Å²) in [6.07, 6.45) is 3.61. The van der Waals surface area contributed by atoms with E-state index in [1.807, 2.05) is 0 Å². The highest BCUT2D eigenvalue weighted by Crippen LogP contribution is 2.26. The van der Waals surface area contributed by atoms with Crippen LogP contribution in [0.4, 0.5) is 10.1 Å². The molecule has 1 aliphatic carbocycles. The quantitative estimate of drug-likeness (QED) is 0.780. The van der Waals surface area contributed by atoms with Crippen LogP contribution in [0.2, 0.25) is 0 Å². The molecular weight excluding hydrogens is 395 g/mol. The number of hydrogen-bond donors (Lipinski definition) is 2. The Labute approximate surface area is 169 Å². The highest BCUT2D eigenvalue weighted by molar-refractivity contribution is 7.90. The maximum absolute atomic E-state index is 13.3. The molecule has 0 spiro atoms. The first-order valence-corrected chi connectivity index (χ1v) is 11.3. The van der Waals surface area contributed by atoms with Crippen LogP contribution in [-0.4, -0.2) is 32.5 Å². The molecule has 0 bridgehead atoms. The van der Waals surface area contributed by atoms with Gasteiger partial charge in [0.05, 0.1) is 4.90 Å². The van der Waals surface area contributed by atoms with E-state index in [9.17, 15) is 22.4 Å². The van der Waals surface area contributed by atoms with Crippen molar-refractivity contribution in [2.45, 2.75) is 36.6 Å². The van der Waals surface area contributed by atoms with Gasteiger partial charge in [-0.25, -0.2) is 12.8 Å². The number of carbonyl (C=O) groups excluding carboxylic acids is 2. The van der Waals surface area contributed by atoms with E-state index < -0.39 is 15.7 Å². The fourth-order valence-electron chi connectivity index (χ4n) is 3.45. The fourth-order valence-corrected chi connectivity index (χ4v) is 4.11. The van der Waals surface area contributed by atoms with Gasteiger partial charge in [-0.15, -0.1) is 0 Å². The third kappa shape index (κ3) is 5.63. The lowest BCUT2D eigenvalue weighted by atomic mass is 9.85. The summed E-state index contributed by atoms with van der Waals surface area (Å²) in [5.74, 6) is -1.15. The maximum Gasteiger partial charge on any atom is 0.251 e. The number of benzene rings is 2. The third-order valence-electron chi connectivity index (χ3n) is 5.05. The van der Waals surface area contributed by atoms with Crippen LogP contribution in [0.25, 0.3) is 0 Å². The molecule has 0 aromatic heterocycles. The molecule has 0 aliphatic heterocycles. The molecule has 1 fully saturated rings. The summed E-state index contributed by atoms with van der Waals surface area (Å²) in [5, 5.41) is 5.67. The predicted molar refractivity (Wildman–Crippen MR) is 108 cm³/mol. The molecule has 6 nitrogen and oxygen atoms in total. The summed E-state index contributed by atoms with van der Waals surface area (Å²) in [7, 11) is -3.35. The molecule has 2 amide bonds. The molecule has 3 rings (SSSR count). The lowest BCUT2D eigenvalue weighted by Crippen LogP contribution is -2.39. The van der Waals surface area contributed by atoms with Crippen molar-refractivity contribution in [2.24, 2.45) is 5.92 Å². The monoisotopic (exact) mass is 418 g/mol. The summed E-state index contributed by atoms with van der Waals surface area (Å²) < 4.78 is 36.6. The van der Waals surface area contributed by atoms with Crippen molar-refractivity contribution in [3.05, 3.63) is 59.9 Å². The highest BCUT2D eigenvalue weighted by atomic mass is 32.2. The number of rotatable bonds is 5. The Hall–Kier alpha value is -2.74. The van der Waals surface area contributed by atoms with E-state index in [2.05, 4.69) is 10.6 Å². The summed E-state index contributed by atoms with van der Waals surface area (Å²) in [5.41, 5.74) is 0.718. The molecule has 0 unspecified atom stereocenters. The predicted octanol–water partition coefficient (Wildman–Crippen LogP) is 3.16. The minimum atomic E-state index is -3.35. The molecule has 0 heterocycles. The van der Waals surface area contributed by atoms with Gasteiger partial charge in [-0.2, -0.15) is 0 Å². The van der Waals surface area contributed by atoms with Crippen molar-refractivity contribution in [3.8, 4) is 0 Å². The standard InChI is InChI=1S/C21H23FN2O4S/c1-29(27,28)19-7-3-6-18(13-19)24-20(25)14-8-10-17(11-9-14)23-21(26)15-4-2-5-16(22)12-15/h2-7,12-14,17H,8-11H2,1H3,(H,23,26)(H,24,25). The maximum atomic E-state index is 13.3. The van der Waals surface area contributed by atoms with E-state index in [1.54, 1.807) is 18.2 Å². The van der Waals surface area contributed by atoms with Gasteiger partial charge in [0.25, 0.3) is 5.91 Å². The molecule has 2 aromatic carbocycles. The van der Waals surface area contributed by atoms with Crippen LogP contribution in [0.1, 0.15) is 36.0 Å². The number of anilines is 1. The minimum Gasteiger partial charge on any atom is -0.349 e. The smallest absolute Gasteiger partial charge is 0.251 e. The zero-order valence-electron chi connectivity index (χ0n) is 16.0. The average Bonchev–Trinajstić information content (AvgIpc) is 2.68. The Bertz CT molecular complexity index is 1010. The Kier molecular flexibility index (Phi) is 6.32. The summed E-state index contributed by atoms with van der Waals surface area (Å²) in [6, 6.07) is 11.6. The second-order valence-electron chi connectivity index (χ2n) is 7.32. The van der Waals surface area contributed by atoms with Gasteiger partial charge in [-0.3, -0.25) is 9.59 Å². The number of amides is 2. The first-order chi connectivity index (χ1) is 13.7. The largest absolute Gasteiger partial charge is 0.349 e. The molecular formula is C21H23FN2O4S. The van der Waals surface area contributed by atoms with E-state index >= 15 is 0 Å². The number of nitrogens with one attached hydrogen (secondary N) is 2. The molecule has 1 aliphatic rings. The van der Waals surface area contributed by atoms with Crippen LogP contribution in [0.15, 0.2) is 53.4 Å². The second-order valence-corrected chi connectivity index (χ2v) is 9.34. The minimum absolute atomic E-state index is 0.0663. The van der Waals surface area contributed by atoms with Gasteiger partial charge in [0.15, 0.2) is 9.84 Å². The SMILES string of the molecule is CS(=O)(=O)c1cccc(NC(=O)C2CCC(NC(=O)c3cccc(F)c3)CC2)c1. The van der Waals surface area contributed by atoms with Crippen molar-refractivity contribution in [2.75, 3.05) is 11.6 Å². The fraction of sp³-hybridized carbons (Fsp3) is 0.333. The van der Waals surface area contributed by atoms with E-state index in [0.717, 1.165) is 6.26 Å². The van der Waals surface area contributed by atoms with Crippen LogP contribution < -0.4 is 10.6 Å². The van der Waals surface area contributed by atoms with E-state index in [-0.39, 0.29) is 34.2 Å². The highest BCUT2D eigenvalue weighted by Gasteiger charge is 2.27. The topological polar surface area (TPSA) is 92.3 Å². The average molecular weight is 418 g/mol. The van der Waals surface area contributed by atoms with E-state index in [0.29, 0.717) is 31.4 Å². The zero-order valence-corrected chi connectivity index (χ0v) is 16.8. The van der Waals surface area contributed by atoms with Crippen LogP contribution in [0.3, 0.4) is 0 Å². The van der Waals surface area contributed by atoms with E-state index in [1.165, 1.54) is 30.3 Å². The molecule has 0 radical (unpaired) electrons.